The van der Waals surface area contributed by atoms with Crippen LogP contribution in [0.3, 0.4) is 0 Å². The van der Waals surface area contributed by atoms with E-state index in [0.29, 0.717) is 0 Å². The molecule has 0 radical (unpaired) electrons. The number of fused-ring (bicyclic) bond motifs is 8. The van der Waals surface area contributed by atoms with E-state index in [1.165, 1.54) is 89.8 Å². The molecule has 0 aliphatic heterocycles. The minimum Gasteiger partial charge on any atom is -0.310 e. The lowest BCUT2D eigenvalue weighted by atomic mass is 9.94. The van der Waals surface area contributed by atoms with Crippen LogP contribution in [0.5, 0.6) is 0 Å². The van der Waals surface area contributed by atoms with Crippen LogP contribution < -0.4 is 4.90 Å². The van der Waals surface area contributed by atoms with Gasteiger partial charge >= 0.3 is 0 Å². The lowest BCUT2D eigenvalue weighted by Gasteiger charge is -2.27. The second-order valence-corrected chi connectivity index (χ2v) is 15.8. The number of nitrogens with zero attached hydrogens (tertiary/aromatic N) is 1. The number of benzene rings is 9. The molecule has 0 amide bonds. The number of hydrogen-bond acceptors (Lipinski definition) is 3. The lowest BCUT2D eigenvalue weighted by Crippen LogP contribution is -2.10. The van der Waals surface area contributed by atoms with Gasteiger partial charge in [-0.15, -0.1) is 22.7 Å². The van der Waals surface area contributed by atoms with Crippen molar-refractivity contribution in [3.05, 3.63) is 188 Å². The molecule has 0 N–H and O–H groups in total. The topological polar surface area (TPSA) is 3.24 Å². The molecule has 0 saturated carbocycles. The van der Waals surface area contributed by atoms with Crippen molar-refractivity contribution in [2.45, 2.75) is 0 Å². The summed E-state index contributed by atoms with van der Waals surface area (Å²) in [7, 11) is 0. The summed E-state index contributed by atoms with van der Waals surface area (Å²) in [4.78, 5) is 2.47. The zero-order valence-electron chi connectivity index (χ0n) is 28.7. The van der Waals surface area contributed by atoms with E-state index in [4.69, 9.17) is 0 Å². The Kier molecular flexibility index (Phi) is 6.97. The van der Waals surface area contributed by atoms with Gasteiger partial charge in [0.2, 0.25) is 0 Å². The van der Waals surface area contributed by atoms with Crippen LogP contribution in [-0.2, 0) is 0 Å². The highest BCUT2D eigenvalue weighted by Gasteiger charge is 2.21. The van der Waals surface area contributed by atoms with Gasteiger partial charge in [-0.1, -0.05) is 127 Å². The summed E-state index contributed by atoms with van der Waals surface area (Å²) in [5.41, 5.74) is 8.44. The van der Waals surface area contributed by atoms with E-state index < -0.39 is 0 Å². The largest absolute Gasteiger partial charge is 0.310 e. The Hall–Kier alpha value is -6.26. The molecule has 53 heavy (non-hydrogen) atoms. The van der Waals surface area contributed by atoms with Crippen molar-refractivity contribution in [2.24, 2.45) is 0 Å². The van der Waals surface area contributed by atoms with Crippen molar-refractivity contribution in [2.75, 3.05) is 4.90 Å². The van der Waals surface area contributed by atoms with E-state index in [2.05, 4.69) is 193 Å². The van der Waals surface area contributed by atoms with Crippen LogP contribution >= 0.6 is 22.7 Å². The summed E-state index contributed by atoms with van der Waals surface area (Å²) in [6, 6.07) is 69.2. The molecule has 11 aromatic rings. The summed E-state index contributed by atoms with van der Waals surface area (Å²) >= 11 is 3.74. The van der Waals surface area contributed by atoms with Gasteiger partial charge in [0.15, 0.2) is 0 Å². The second-order valence-electron chi connectivity index (χ2n) is 13.7. The molecule has 0 spiro atoms. The van der Waals surface area contributed by atoms with Crippen LogP contribution in [0.4, 0.5) is 17.1 Å². The van der Waals surface area contributed by atoms with Gasteiger partial charge in [-0.25, -0.2) is 0 Å². The van der Waals surface area contributed by atoms with Gasteiger partial charge in [0.1, 0.15) is 0 Å². The fraction of sp³-hybridized carbons (Fsp3) is 0. The predicted molar refractivity (Wildman–Crippen MR) is 233 cm³/mol. The molecule has 248 valence electrons. The standard InChI is InChI=1S/C50H31NS2/c1-2-12-35-30-36(23-22-32(35)10-1)33-24-26-37(27-25-33)51(44-18-9-21-48-50(44)42-15-5-6-19-45(42)52-48)38-28-29-46-43(31-38)49-41(17-8-20-47(49)53-46)40-16-7-13-34-11-3-4-14-39(34)40/h1-31H. The average Bonchev–Trinajstić information content (AvgIpc) is 3.80. The summed E-state index contributed by atoms with van der Waals surface area (Å²) in [5.74, 6) is 0. The van der Waals surface area contributed by atoms with Crippen LogP contribution in [0.15, 0.2) is 188 Å². The van der Waals surface area contributed by atoms with Gasteiger partial charge in [-0.3, -0.25) is 0 Å². The zero-order valence-corrected chi connectivity index (χ0v) is 30.3. The van der Waals surface area contributed by atoms with Crippen LogP contribution in [0, 0.1) is 0 Å². The van der Waals surface area contributed by atoms with Crippen molar-refractivity contribution < 1.29 is 0 Å². The van der Waals surface area contributed by atoms with Crippen LogP contribution in [0.2, 0.25) is 0 Å². The normalized spacial score (nSPS) is 11.8. The number of thiophene rings is 2. The van der Waals surface area contributed by atoms with Crippen molar-refractivity contribution in [1.82, 2.24) is 0 Å². The van der Waals surface area contributed by atoms with Gasteiger partial charge in [0.05, 0.1) is 5.69 Å². The van der Waals surface area contributed by atoms with E-state index in [0.717, 1.165) is 11.4 Å². The van der Waals surface area contributed by atoms with E-state index in [9.17, 15) is 0 Å². The molecule has 11 rings (SSSR count). The molecule has 0 atom stereocenters. The first kappa shape index (κ1) is 30.4. The molecule has 0 unspecified atom stereocenters. The van der Waals surface area contributed by atoms with Gasteiger partial charge in [-0.2, -0.15) is 0 Å². The van der Waals surface area contributed by atoms with E-state index in [1.54, 1.807) is 0 Å². The zero-order chi connectivity index (χ0) is 34.9. The highest BCUT2D eigenvalue weighted by molar-refractivity contribution is 7.26. The smallest absolute Gasteiger partial charge is 0.0554 e. The molecule has 2 heterocycles. The maximum absolute atomic E-state index is 2.47. The highest BCUT2D eigenvalue weighted by atomic mass is 32.1. The molecule has 0 bridgehead atoms. The van der Waals surface area contributed by atoms with Crippen LogP contribution in [0.1, 0.15) is 0 Å². The third kappa shape index (κ3) is 4.97. The Bertz CT molecular complexity index is 3180. The summed E-state index contributed by atoms with van der Waals surface area (Å²) in [5, 5.41) is 10.2. The van der Waals surface area contributed by atoms with E-state index in [1.807, 2.05) is 22.7 Å². The Morgan fingerprint density at radius 1 is 0.321 bits per heavy atom. The van der Waals surface area contributed by atoms with Crippen molar-refractivity contribution in [1.29, 1.82) is 0 Å². The molecule has 0 fully saturated rings. The maximum atomic E-state index is 2.47. The fourth-order valence-corrected chi connectivity index (χ4v) is 10.4. The molecule has 9 aromatic carbocycles. The molecular formula is C50H31NS2. The van der Waals surface area contributed by atoms with E-state index in [-0.39, 0.29) is 0 Å². The minimum absolute atomic E-state index is 1.13. The van der Waals surface area contributed by atoms with Gasteiger partial charge in [0.25, 0.3) is 0 Å². The summed E-state index contributed by atoms with van der Waals surface area (Å²) in [6.45, 7) is 0. The molecule has 0 saturated heterocycles. The minimum atomic E-state index is 1.13. The Morgan fingerprint density at radius 3 is 1.79 bits per heavy atom. The van der Waals surface area contributed by atoms with Gasteiger partial charge in [-0.05, 0) is 104 Å². The number of rotatable bonds is 5. The monoisotopic (exact) mass is 709 g/mol. The lowest BCUT2D eigenvalue weighted by molar-refractivity contribution is 1.31. The van der Waals surface area contributed by atoms with Crippen molar-refractivity contribution in [3.63, 3.8) is 0 Å². The van der Waals surface area contributed by atoms with Gasteiger partial charge < -0.3 is 4.90 Å². The number of anilines is 3. The summed E-state index contributed by atoms with van der Waals surface area (Å²) in [6.07, 6.45) is 0. The quantitative estimate of drug-likeness (QED) is 0.172. The highest BCUT2D eigenvalue weighted by Crippen LogP contribution is 2.48. The molecular weight excluding hydrogens is 679 g/mol. The van der Waals surface area contributed by atoms with Crippen LogP contribution in [-0.4, -0.2) is 0 Å². The first-order valence-corrected chi connectivity index (χ1v) is 19.6. The Balaban J connectivity index is 1.13. The second kappa shape index (κ2) is 12.2. The number of hydrogen-bond donors (Lipinski definition) is 0. The van der Waals surface area contributed by atoms with Gasteiger partial charge in [0, 0.05) is 51.7 Å². The predicted octanol–water partition coefficient (Wildman–Crippen LogP) is 15.5. The molecule has 2 aromatic heterocycles. The third-order valence-corrected chi connectivity index (χ3v) is 12.9. The van der Waals surface area contributed by atoms with Crippen molar-refractivity contribution in [3.8, 4) is 22.3 Å². The van der Waals surface area contributed by atoms with Crippen LogP contribution in [0.25, 0.3) is 84.1 Å². The first-order valence-electron chi connectivity index (χ1n) is 18.0. The fourth-order valence-electron chi connectivity index (χ4n) is 8.18. The molecule has 1 nitrogen and oxygen atoms in total. The average molecular weight is 710 g/mol. The summed E-state index contributed by atoms with van der Waals surface area (Å²) < 4.78 is 5.20. The van der Waals surface area contributed by atoms with Crippen molar-refractivity contribution >= 4 is 102 Å². The molecule has 0 aliphatic rings. The Morgan fingerprint density at radius 2 is 0.925 bits per heavy atom. The Labute approximate surface area is 315 Å². The molecule has 0 aliphatic carbocycles. The molecule has 3 heteroatoms. The maximum Gasteiger partial charge on any atom is 0.0554 e. The van der Waals surface area contributed by atoms with E-state index >= 15 is 0 Å². The SMILES string of the molecule is c1ccc2cc(-c3ccc(N(c4ccc5sc6cccc(-c7cccc8ccccc78)c6c5c4)c4cccc5sc6ccccc6c45)cc3)ccc2c1. The third-order valence-electron chi connectivity index (χ3n) is 10.6. The first-order chi connectivity index (χ1) is 26.3.